The van der Waals surface area contributed by atoms with E-state index in [9.17, 15) is 9.90 Å². The number of hydrogen-bond acceptors (Lipinski definition) is 4. The van der Waals surface area contributed by atoms with E-state index in [0.29, 0.717) is 6.54 Å². The number of aliphatic hydroxyl groups is 1. The van der Waals surface area contributed by atoms with Crippen LogP contribution in [0, 0.1) is 0 Å². The first-order valence-corrected chi connectivity index (χ1v) is 6.10. The summed E-state index contributed by atoms with van der Waals surface area (Å²) in [4.78, 5) is 13.5. The predicted molar refractivity (Wildman–Crippen MR) is 74.4 cm³/mol. The topological polar surface area (TPSA) is 70.4 Å². The summed E-state index contributed by atoms with van der Waals surface area (Å²) in [5.41, 5.74) is -0.0842. The normalized spacial score (nSPS) is 14.8. The van der Waals surface area contributed by atoms with Gasteiger partial charge in [-0.1, -0.05) is 0 Å². The fraction of sp³-hybridized carbons (Fsp3) is 0.538. The second-order valence-corrected chi connectivity index (χ2v) is 5.23. The van der Waals surface area contributed by atoms with Gasteiger partial charge >= 0.3 is 0 Å². The van der Waals surface area contributed by atoms with Gasteiger partial charge in [0.2, 0.25) is 5.91 Å². The Morgan fingerprint density at radius 2 is 2.32 bits per heavy atom. The summed E-state index contributed by atoms with van der Waals surface area (Å²) >= 11 is 0. The van der Waals surface area contributed by atoms with Crippen molar-refractivity contribution in [2.24, 2.45) is 7.05 Å². The fourth-order valence-corrected chi connectivity index (χ4v) is 1.77. The number of nitrogens with one attached hydrogen (secondary N) is 1. The Balaban J connectivity index is 2.41. The van der Waals surface area contributed by atoms with Crippen molar-refractivity contribution in [3.63, 3.8) is 0 Å². The highest BCUT2D eigenvalue weighted by Crippen LogP contribution is 2.03. The van der Waals surface area contributed by atoms with Crippen molar-refractivity contribution in [3.05, 3.63) is 24.0 Å². The molecule has 19 heavy (non-hydrogen) atoms. The van der Waals surface area contributed by atoms with Gasteiger partial charge in [0.1, 0.15) is 0 Å². The fourth-order valence-electron chi connectivity index (χ4n) is 1.77. The first-order valence-electron chi connectivity index (χ1n) is 6.10. The van der Waals surface area contributed by atoms with Crippen molar-refractivity contribution in [2.75, 3.05) is 27.2 Å². The van der Waals surface area contributed by atoms with Crippen molar-refractivity contribution in [1.82, 2.24) is 20.0 Å². The minimum Gasteiger partial charge on any atom is -0.387 e. The molecule has 106 valence electrons. The number of amides is 1. The highest BCUT2D eigenvalue weighted by atomic mass is 16.3. The van der Waals surface area contributed by atoms with Gasteiger partial charge in [0.25, 0.3) is 0 Å². The smallest absolute Gasteiger partial charge is 0.244 e. The third kappa shape index (κ3) is 6.17. The molecule has 0 saturated heterocycles. The number of aromatic nitrogens is 2. The van der Waals surface area contributed by atoms with E-state index in [-0.39, 0.29) is 12.5 Å². The molecule has 0 spiro atoms. The van der Waals surface area contributed by atoms with Crippen LogP contribution in [0.1, 0.15) is 12.5 Å². The van der Waals surface area contributed by atoms with Gasteiger partial charge < -0.3 is 15.3 Å². The Labute approximate surface area is 113 Å². The van der Waals surface area contributed by atoms with Crippen LogP contribution in [0.3, 0.4) is 0 Å². The predicted octanol–water partition coefficient (Wildman–Crippen LogP) is -0.138. The lowest BCUT2D eigenvalue weighted by Gasteiger charge is -2.26. The monoisotopic (exact) mass is 266 g/mol. The van der Waals surface area contributed by atoms with Crippen molar-refractivity contribution in [1.29, 1.82) is 0 Å². The average molecular weight is 266 g/mol. The number of likely N-dealkylation sites (N-methyl/N-ethyl adjacent to an activating group) is 1. The molecule has 6 nitrogen and oxygen atoms in total. The summed E-state index contributed by atoms with van der Waals surface area (Å²) < 4.78 is 1.67. The summed E-state index contributed by atoms with van der Waals surface area (Å²) in [7, 11) is 5.56. The molecule has 1 aromatic rings. The first kappa shape index (κ1) is 15.4. The molecule has 1 heterocycles. The van der Waals surface area contributed by atoms with Gasteiger partial charge in [-0.25, -0.2) is 0 Å². The van der Waals surface area contributed by atoms with Crippen LogP contribution in [0.4, 0.5) is 0 Å². The van der Waals surface area contributed by atoms with Gasteiger partial charge in [-0.15, -0.1) is 0 Å². The van der Waals surface area contributed by atoms with Crippen LogP contribution >= 0.6 is 0 Å². The maximum Gasteiger partial charge on any atom is 0.244 e. The molecular formula is C13H22N4O2. The molecule has 0 fully saturated rings. The van der Waals surface area contributed by atoms with Gasteiger partial charge in [-0.05, 0) is 27.1 Å². The average Bonchev–Trinajstić information content (AvgIpc) is 2.68. The van der Waals surface area contributed by atoms with Gasteiger partial charge in [-0.2, -0.15) is 5.10 Å². The molecule has 0 aliphatic rings. The van der Waals surface area contributed by atoms with E-state index in [1.807, 2.05) is 32.2 Å². The van der Waals surface area contributed by atoms with Crippen molar-refractivity contribution in [2.45, 2.75) is 12.5 Å². The summed E-state index contributed by atoms with van der Waals surface area (Å²) in [5.74, 6) is -0.233. The van der Waals surface area contributed by atoms with Crippen LogP contribution < -0.4 is 5.32 Å². The van der Waals surface area contributed by atoms with E-state index < -0.39 is 5.60 Å². The lowest BCUT2D eigenvalue weighted by atomic mass is 10.1. The summed E-state index contributed by atoms with van der Waals surface area (Å²) in [6.45, 7) is 2.39. The summed E-state index contributed by atoms with van der Waals surface area (Å²) in [6.07, 6.45) is 6.60. The molecule has 1 atom stereocenters. The van der Waals surface area contributed by atoms with Crippen LogP contribution in [0.15, 0.2) is 18.5 Å². The molecular weight excluding hydrogens is 244 g/mol. The lowest BCUT2D eigenvalue weighted by Crippen LogP contribution is -2.46. The molecule has 6 heteroatoms. The van der Waals surface area contributed by atoms with Crippen LogP contribution in [0.5, 0.6) is 0 Å². The third-order valence-electron chi connectivity index (χ3n) is 2.45. The quantitative estimate of drug-likeness (QED) is 0.703. The SMILES string of the molecule is CN(C)CC(C)(O)CNC(=O)/C=C/c1cnn(C)c1. The van der Waals surface area contributed by atoms with E-state index >= 15 is 0 Å². The number of rotatable bonds is 6. The Kier molecular flexibility index (Phi) is 5.26. The van der Waals surface area contributed by atoms with E-state index in [1.54, 1.807) is 23.9 Å². The molecule has 0 aromatic carbocycles. The molecule has 0 saturated carbocycles. The van der Waals surface area contributed by atoms with E-state index in [1.165, 1.54) is 6.08 Å². The zero-order valence-electron chi connectivity index (χ0n) is 11.9. The van der Waals surface area contributed by atoms with Crippen molar-refractivity contribution < 1.29 is 9.90 Å². The highest BCUT2D eigenvalue weighted by molar-refractivity contribution is 5.91. The zero-order valence-corrected chi connectivity index (χ0v) is 11.9. The second-order valence-electron chi connectivity index (χ2n) is 5.23. The summed E-state index contributed by atoms with van der Waals surface area (Å²) in [6, 6.07) is 0. The standard InChI is InChI=1S/C13H22N4O2/c1-13(19,10-16(2)3)9-14-12(18)6-5-11-7-15-17(4)8-11/h5-8,19H,9-10H2,1-4H3,(H,14,18)/b6-5+. The molecule has 2 N–H and O–H groups in total. The minimum absolute atomic E-state index is 0.210. The Hall–Kier alpha value is -1.66. The Bertz CT molecular complexity index is 449. The number of carbonyl (C=O) groups is 1. The molecule has 0 aliphatic heterocycles. The molecule has 1 unspecified atom stereocenters. The van der Waals surface area contributed by atoms with E-state index in [2.05, 4.69) is 10.4 Å². The molecule has 0 aliphatic carbocycles. The Morgan fingerprint density at radius 3 is 2.84 bits per heavy atom. The maximum atomic E-state index is 11.6. The maximum absolute atomic E-state index is 11.6. The van der Waals surface area contributed by atoms with Crippen LogP contribution in [0.25, 0.3) is 6.08 Å². The van der Waals surface area contributed by atoms with Crippen LogP contribution in [-0.4, -0.2) is 58.5 Å². The number of nitrogens with zero attached hydrogens (tertiary/aromatic N) is 3. The number of aryl methyl sites for hydroxylation is 1. The van der Waals surface area contributed by atoms with Crippen LogP contribution in [0.2, 0.25) is 0 Å². The van der Waals surface area contributed by atoms with Gasteiger partial charge in [0.05, 0.1) is 11.8 Å². The minimum atomic E-state index is -0.943. The molecule has 1 amide bonds. The van der Waals surface area contributed by atoms with Crippen molar-refractivity contribution in [3.8, 4) is 0 Å². The summed E-state index contributed by atoms with van der Waals surface area (Å²) in [5, 5.41) is 16.7. The molecule has 1 rings (SSSR count). The van der Waals surface area contributed by atoms with E-state index in [0.717, 1.165) is 5.56 Å². The molecule has 1 aromatic heterocycles. The number of hydrogen-bond donors (Lipinski definition) is 2. The number of carbonyl (C=O) groups excluding carboxylic acids is 1. The lowest BCUT2D eigenvalue weighted by molar-refractivity contribution is -0.117. The van der Waals surface area contributed by atoms with Gasteiger partial charge in [0.15, 0.2) is 0 Å². The van der Waals surface area contributed by atoms with Crippen molar-refractivity contribution >= 4 is 12.0 Å². The zero-order chi connectivity index (χ0) is 14.5. The van der Waals surface area contributed by atoms with E-state index in [4.69, 9.17) is 0 Å². The third-order valence-corrected chi connectivity index (χ3v) is 2.45. The second kappa shape index (κ2) is 6.49. The first-order chi connectivity index (χ1) is 8.78. The van der Waals surface area contributed by atoms with Gasteiger partial charge in [-0.3, -0.25) is 9.48 Å². The molecule has 0 radical (unpaired) electrons. The molecule has 0 bridgehead atoms. The largest absolute Gasteiger partial charge is 0.387 e. The van der Waals surface area contributed by atoms with Crippen LogP contribution in [-0.2, 0) is 11.8 Å². The van der Waals surface area contributed by atoms with Gasteiger partial charge in [0, 0.05) is 38.0 Å². The Morgan fingerprint density at radius 1 is 1.63 bits per heavy atom. The highest BCUT2D eigenvalue weighted by Gasteiger charge is 2.21.